The van der Waals surface area contributed by atoms with Crippen molar-refractivity contribution in [3.8, 4) is 0 Å². The van der Waals surface area contributed by atoms with Gasteiger partial charge in [-0.3, -0.25) is 0 Å². The summed E-state index contributed by atoms with van der Waals surface area (Å²) in [6, 6.07) is 0. The molecule has 0 aromatic rings. The fourth-order valence-electron chi connectivity index (χ4n) is 3.12. The molecule has 4 heteroatoms. The van der Waals surface area contributed by atoms with Crippen LogP contribution in [0.15, 0.2) is 12.3 Å². The van der Waals surface area contributed by atoms with Crippen LogP contribution in [-0.4, -0.2) is 22.7 Å². The maximum atomic E-state index is 6.62. The van der Waals surface area contributed by atoms with Gasteiger partial charge in [0.15, 0.2) is 0 Å². The van der Waals surface area contributed by atoms with Gasteiger partial charge in [0.1, 0.15) is 0 Å². The number of hydrogen-bond donors (Lipinski definition) is 0. The average molecular weight is 317 g/mol. The summed E-state index contributed by atoms with van der Waals surface area (Å²) in [6.07, 6.45) is 4.06. The van der Waals surface area contributed by atoms with Gasteiger partial charge in [-0.25, -0.2) is 0 Å². The molecule has 0 aromatic heterocycles. The minimum absolute atomic E-state index is 0.130. The highest BCUT2D eigenvalue weighted by Crippen LogP contribution is 2.43. The maximum absolute atomic E-state index is 6.62. The van der Waals surface area contributed by atoms with Gasteiger partial charge in [-0.15, -0.1) is 0 Å². The third kappa shape index (κ3) is 5.74. The van der Waals surface area contributed by atoms with Gasteiger partial charge in [0, 0.05) is 0 Å². The van der Waals surface area contributed by atoms with Gasteiger partial charge in [-0.2, -0.15) is 0 Å². The van der Waals surface area contributed by atoms with Gasteiger partial charge < -0.3 is 8.85 Å². The molecule has 1 unspecified atom stereocenters. The fourth-order valence-corrected chi connectivity index (χ4v) is 9.15. The molecule has 0 heterocycles. The van der Waals surface area contributed by atoms with E-state index in [0.29, 0.717) is 16.6 Å². The molecule has 0 aliphatic heterocycles. The lowest BCUT2D eigenvalue weighted by Gasteiger charge is -2.43. The summed E-state index contributed by atoms with van der Waals surface area (Å²) in [5.74, 6) is 0. The molecule has 0 fully saturated rings. The van der Waals surface area contributed by atoms with E-state index in [4.69, 9.17) is 8.85 Å². The van der Waals surface area contributed by atoms with Crippen molar-refractivity contribution < 1.29 is 8.85 Å². The second kappa shape index (κ2) is 7.80. The van der Waals surface area contributed by atoms with E-state index in [1.165, 1.54) is 0 Å². The van der Waals surface area contributed by atoms with Crippen LogP contribution >= 0.6 is 0 Å². The summed E-state index contributed by atoms with van der Waals surface area (Å²) >= 11 is 0. The minimum atomic E-state index is -1.78. The molecular formula is C16H36O2Si2. The van der Waals surface area contributed by atoms with Gasteiger partial charge in [-0.05, 0) is 49.3 Å². The Balaban J connectivity index is 4.92. The molecule has 120 valence electrons. The summed E-state index contributed by atoms with van der Waals surface area (Å²) in [5, 5.41) is 0. The van der Waals surface area contributed by atoms with Crippen LogP contribution in [0.2, 0.25) is 36.3 Å². The highest BCUT2D eigenvalue weighted by molar-refractivity contribution is 6.77. The molecule has 0 aliphatic carbocycles. The molecule has 0 saturated carbocycles. The molecule has 0 N–H and O–H groups in total. The average Bonchev–Trinajstić information content (AvgIpc) is 2.22. The van der Waals surface area contributed by atoms with Crippen molar-refractivity contribution in [1.29, 1.82) is 0 Å². The first kappa shape index (κ1) is 19.9. The first-order valence-corrected chi connectivity index (χ1v) is 13.5. The standard InChI is InChI=1S/C16H36O2Si2/c1-13(2)20(14(3)4,15(5)6)18-16(7)11-12-17-19(8,9)10/h11-16H,1-10H3. The van der Waals surface area contributed by atoms with Crippen LogP contribution in [0.4, 0.5) is 0 Å². The van der Waals surface area contributed by atoms with E-state index in [9.17, 15) is 0 Å². The molecular weight excluding hydrogens is 280 g/mol. The number of rotatable bonds is 8. The van der Waals surface area contributed by atoms with Gasteiger partial charge in [0.2, 0.25) is 16.6 Å². The zero-order valence-electron chi connectivity index (χ0n) is 15.3. The largest absolute Gasteiger partial charge is 0.550 e. The van der Waals surface area contributed by atoms with Crippen LogP contribution in [0.25, 0.3) is 0 Å². The minimum Gasteiger partial charge on any atom is -0.550 e. The monoisotopic (exact) mass is 316 g/mol. The molecule has 0 spiro atoms. The first-order chi connectivity index (χ1) is 8.93. The highest BCUT2D eigenvalue weighted by Gasteiger charge is 2.45. The van der Waals surface area contributed by atoms with Crippen molar-refractivity contribution in [1.82, 2.24) is 0 Å². The van der Waals surface area contributed by atoms with Gasteiger partial charge in [0.25, 0.3) is 0 Å². The second-order valence-corrected chi connectivity index (χ2v) is 17.6. The van der Waals surface area contributed by atoms with Gasteiger partial charge >= 0.3 is 0 Å². The van der Waals surface area contributed by atoms with Crippen LogP contribution < -0.4 is 0 Å². The number of hydrogen-bond acceptors (Lipinski definition) is 2. The van der Waals surface area contributed by atoms with Crippen molar-refractivity contribution in [2.75, 3.05) is 0 Å². The SMILES string of the molecule is CC(C=CO[Si](C)(C)C)O[Si](C(C)C)(C(C)C)C(C)C. The quantitative estimate of drug-likeness (QED) is 0.408. The van der Waals surface area contributed by atoms with E-state index in [0.717, 1.165) is 0 Å². The zero-order valence-corrected chi connectivity index (χ0v) is 17.3. The molecule has 0 amide bonds. The molecule has 1 atom stereocenters. The Morgan fingerprint density at radius 1 is 0.750 bits per heavy atom. The lowest BCUT2D eigenvalue weighted by molar-refractivity contribution is 0.231. The van der Waals surface area contributed by atoms with Crippen molar-refractivity contribution in [3.05, 3.63) is 12.3 Å². The van der Waals surface area contributed by atoms with Crippen LogP contribution in [0, 0.1) is 0 Å². The topological polar surface area (TPSA) is 18.5 Å². The van der Waals surface area contributed by atoms with Crippen LogP contribution in [0.3, 0.4) is 0 Å². The fraction of sp³-hybridized carbons (Fsp3) is 0.875. The molecule has 0 saturated heterocycles. The summed E-state index contributed by atoms with van der Waals surface area (Å²) in [7, 11) is -3.26. The summed E-state index contributed by atoms with van der Waals surface area (Å²) in [4.78, 5) is 0. The van der Waals surface area contributed by atoms with Crippen molar-refractivity contribution in [3.63, 3.8) is 0 Å². The smallest absolute Gasteiger partial charge is 0.241 e. The second-order valence-electron chi connectivity index (χ2n) is 7.70. The Kier molecular flexibility index (Phi) is 7.78. The predicted molar refractivity (Wildman–Crippen MR) is 95.2 cm³/mol. The maximum Gasteiger partial charge on any atom is 0.241 e. The Morgan fingerprint density at radius 3 is 1.45 bits per heavy atom. The summed E-state index contributed by atoms with van der Waals surface area (Å²) < 4.78 is 12.4. The van der Waals surface area contributed by atoms with E-state index in [2.05, 4.69) is 74.2 Å². The Bertz CT molecular complexity index is 282. The predicted octanol–water partition coefficient (Wildman–Crippen LogP) is 5.93. The molecule has 0 aromatic carbocycles. The lowest BCUT2D eigenvalue weighted by atomic mass is 10.4. The normalized spacial score (nSPS) is 15.7. The summed E-state index contributed by atoms with van der Waals surface area (Å²) in [5.41, 5.74) is 1.86. The molecule has 2 nitrogen and oxygen atoms in total. The Labute approximate surface area is 129 Å². The van der Waals surface area contributed by atoms with Crippen LogP contribution in [0.5, 0.6) is 0 Å². The molecule has 0 rings (SSSR count). The third-order valence-corrected chi connectivity index (χ3v) is 10.9. The molecule has 0 bridgehead atoms. The van der Waals surface area contributed by atoms with Gasteiger partial charge in [-0.1, -0.05) is 41.5 Å². The first-order valence-electron chi connectivity index (χ1n) is 7.95. The Hall–Kier alpha value is -0.0662. The highest BCUT2D eigenvalue weighted by atomic mass is 28.4. The molecule has 0 aliphatic rings. The zero-order chi connectivity index (χ0) is 16.1. The van der Waals surface area contributed by atoms with E-state index in [1.807, 2.05) is 6.26 Å². The molecule has 20 heavy (non-hydrogen) atoms. The van der Waals surface area contributed by atoms with Crippen molar-refractivity contribution >= 4 is 16.6 Å². The van der Waals surface area contributed by atoms with Crippen molar-refractivity contribution in [2.24, 2.45) is 0 Å². The lowest BCUT2D eigenvalue weighted by Crippen LogP contribution is -2.49. The Morgan fingerprint density at radius 2 is 1.15 bits per heavy atom. The van der Waals surface area contributed by atoms with E-state index < -0.39 is 16.6 Å². The van der Waals surface area contributed by atoms with Crippen LogP contribution in [0.1, 0.15) is 48.5 Å². The van der Waals surface area contributed by atoms with E-state index in [-0.39, 0.29) is 6.10 Å². The van der Waals surface area contributed by atoms with E-state index in [1.54, 1.807) is 0 Å². The van der Waals surface area contributed by atoms with Crippen LogP contribution in [-0.2, 0) is 8.85 Å². The van der Waals surface area contributed by atoms with E-state index >= 15 is 0 Å². The van der Waals surface area contributed by atoms with Gasteiger partial charge in [0.05, 0.1) is 12.4 Å². The third-order valence-electron chi connectivity index (χ3n) is 3.87. The summed E-state index contributed by atoms with van der Waals surface area (Å²) in [6.45, 7) is 22.6. The molecule has 0 radical (unpaired) electrons. The van der Waals surface area contributed by atoms with Crippen molar-refractivity contribution in [2.45, 2.75) is 90.8 Å².